The number of aromatic nitrogens is 4. The first kappa shape index (κ1) is 19.4. The van der Waals surface area contributed by atoms with Crippen LogP contribution in [0.5, 0.6) is 0 Å². The van der Waals surface area contributed by atoms with Crippen molar-refractivity contribution in [3.8, 4) is 5.69 Å². The van der Waals surface area contributed by atoms with Gasteiger partial charge in [-0.2, -0.15) is 5.10 Å². The van der Waals surface area contributed by atoms with Gasteiger partial charge in [0, 0.05) is 5.02 Å². The van der Waals surface area contributed by atoms with E-state index in [1.165, 1.54) is 21.8 Å². The highest BCUT2D eigenvalue weighted by Crippen LogP contribution is 2.29. The Kier molecular flexibility index (Phi) is 5.27. The van der Waals surface area contributed by atoms with Crippen LogP contribution in [0.15, 0.2) is 59.8 Å². The molecule has 1 N–H and O–H groups in total. The van der Waals surface area contributed by atoms with Crippen LogP contribution >= 0.6 is 34.8 Å². The molecule has 29 heavy (non-hydrogen) atoms. The summed E-state index contributed by atoms with van der Waals surface area (Å²) in [4.78, 5) is 29.5. The minimum Gasteiger partial charge on any atom is -0.322 e. The van der Waals surface area contributed by atoms with Crippen molar-refractivity contribution in [2.45, 2.75) is 6.54 Å². The van der Waals surface area contributed by atoms with Crippen LogP contribution in [0.2, 0.25) is 15.1 Å². The standard InChI is InChI=1S/C19H12Cl3N5O2/c20-11-3-1-4-12(7-11)27-18-13(8-24-27)19(29)26(10-23-18)9-16(28)25-17-14(21)5-2-6-15(17)22/h1-8,10H,9H2,(H,25,28). The van der Waals surface area contributed by atoms with Crippen LogP contribution in [0, 0.1) is 0 Å². The third kappa shape index (κ3) is 3.85. The average Bonchev–Trinajstić information content (AvgIpc) is 3.12. The van der Waals surface area contributed by atoms with E-state index in [2.05, 4.69) is 15.4 Å². The van der Waals surface area contributed by atoms with Crippen LogP contribution in [-0.4, -0.2) is 25.2 Å². The van der Waals surface area contributed by atoms with Gasteiger partial charge in [-0.25, -0.2) is 9.67 Å². The minimum absolute atomic E-state index is 0.258. The number of benzene rings is 2. The molecule has 2 aromatic carbocycles. The summed E-state index contributed by atoms with van der Waals surface area (Å²) in [6.45, 7) is -0.258. The molecule has 0 saturated carbocycles. The maximum Gasteiger partial charge on any atom is 0.264 e. The number of amides is 1. The first-order valence-corrected chi connectivity index (χ1v) is 9.50. The molecule has 0 aliphatic heterocycles. The summed E-state index contributed by atoms with van der Waals surface area (Å²) in [7, 11) is 0. The number of carbonyl (C=O) groups excluding carboxylic acids is 1. The Morgan fingerprint density at radius 3 is 2.52 bits per heavy atom. The zero-order valence-corrected chi connectivity index (χ0v) is 16.9. The van der Waals surface area contributed by atoms with E-state index in [-0.39, 0.29) is 17.6 Å². The fourth-order valence-corrected chi connectivity index (χ4v) is 3.49. The van der Waals surface area contributed by atoms with E-state index >= 15 is 0 Å². The molecule has 2 heterocycles. The molecule has 0 aliphatic rings. The summed E-state index contributed by atoms with van der Waals surface area (Å²) in [5.74, 6) is -0.467. The SMILES string of the molecule is O=C(Cn1cnc2c(cnn2-c2cccc(Cl)c2)c1=O)Nc1c(Cl)cccc1Cl. The second-order valence-corrected chi connectivity index (χ2v) is 7.35. The van der Waals surface area contributed by atoms with E-state index in [0.29, 0.717) is 26.4 Å². The normalized spacial score (nSPS) is 11.0. The number of anilines is 1. The van der Waals surface area contributed by atoms with Gasteiger partial charge in [-0.1, -0.05) is 46.9 Å². The van der Waals surface area contributed by atoms with Gasteiger partial charge < -0.3 is 5.32 Å². The maximum atomic E-state index is 12.8. The van der Waals surface area contributed by atoms with Gasteiger partial charge >= 0.3 is 0 Å². The molecule has 0 saturated heterocycles. The molecule has 146 valence electrons. The number of fused-ring (bicyclic) bond motifs is 1. The summed E-state index contributed by atoms with van der Waals surface area (Å²) in [6.07, 6.45) is 2.70. The molecule has 0 radical (unpaired) electrons. The first-order valence-electron chi connectivity index (χ1n) is 8.37. The summed E-state index contributed by atoms with van der Waals surface area (Å²) >= 11 is 18.1. The molecule has 1 amide bonds. The van der Waals surface area contributed by atoms with Gasteiger partial charge in [0.1, 0.15) is 18.3 Å². The Morgan fingerprint density at radius 2 is 1.79 bits per heavy atom. The van der Waals surface area contributed by atoms with Crippen molar-refractivity contribution in [1.29, 1.82) is 0 Å². The predicted octanol–water partition coefficient (Wildman–Crippen LogP) is 4.18. The Bertz CT molecular complexity index is 1280. The Morgan fingerprint density at radius 1 is 1.07 bits per heavy atom. The van der Waals surface area contributed by atoms with Gasteiger partial charge in [0.15, 0.2) is 5.65 Å². The summed E-state index contributed by atoms with van der Waals surface area (Å²) < 4.78 is 2.70. The highest BCUT2D eigenvalue weighted by Gasteiger charge is 2.15. The van der Waals surface area contributed by atoms with Crippen LogP contribution in [0.4, 0.5) is 5.69 Å². The van der Waals surface area contributed by atoms with Crippen LogP contribution < -0.4 is 10.9 Å². The summed E-state index contributed by atoms with van der Waals surface area (Å²) in [6, 6.07) is 11.9. The summed E-state index contributed by atoms with van der Waals surface area (Å²) in [5.41, 5.74) is 0.923. The molecule has 4 rings (SSSR count). The minimum atomic E-state index is -0.467. The molecule has 2 aromatic heterocycles. The average molecular weight is 449 g/mol. The molecule has 7 nitrogen and oxygen atoms in total. The molecule has 0 atom stereocenters. The van der Waals surface area contributed by atoms with Crippen LogP contribution in [0.25, 0.3) is 16.7 Å². The fourth-order valence-electron chi connectivity index (χ4n) is 2.81. The van der Waals surface area contributed by atoms with Gasteiger partial charge in [0.05, 0.1) is 27.6 Å². The fraction of sp³-hybridized carbons (Fsp3) is 0.0526. The molecule has 0 unspecified atom stereocenters. The van der Waals surface area contributed by atoms with Crippen molar-refractivity contribution >= 4 is 57.4 Å². The van der Waals surface area contributed by atoms with Crippen molar-refractivity contribution in [3.63, 3.8) is 0 Å². The zero-order valence-electron chi connectivity index (χ0n) is 14.6. The lowest BCUT2D eigenvalue weighted by atomic mass is 10.3. The van der Waals surface area contributed by atoms with Crippen molar-refractivity contribution in [2.75, 3.05) is 5.32 Å². The van der Waals surface area contributed by atoms with Crippen LogP contribution in [0.1, 0.15) is 0 Å². The van der Waals surface area contributed by atoms with Crippen molar-refractivity contribution < 1.29 is 4.79 Å². The smallest absolute Gasteiger partial charge is 0.264 e. The largest absolute Gasteiger partial charge is 0.322 e. The number of halogens is 3. The highest BCUT2D eigenvalue weighted by atomic mass is 35.5. The summed E-state index contributed by atoms with van der Waals surface area (Å²) in [5, 5.41) is 8.25. The van der Waals surface area contributed by atoms with E-state index < -0.39 is 11.5 Å². The van der Waals surface area contributed by atoms with E-state index in [4.69, 9.17) is 34.8 Å². The Hall–Kier alpha value is -2.87. The quantitative estimate of drug-likeness (QED) is 0.508. The molecular formula is C19H12Cl3N5O2. The second kappa shape index (κ2) is 7.87. The van der Waals surface area contributed by atoms with Crippen molar-refractivity contribution in [3.05, 3.63) is 80.4 Å². The van der Waals surface area contributed by atoms with Crippen molar-refractivity contribution in [2.24, 2.45) is 0 Å². The first-order chi connectivity index (χ1) is 13.9. The van der Waals surface area contributed by atoms with E-state index in [9.17, 15) is 9.59 Å². The third-order valence-corrected chi connectivity index (χ3v) is 5.01. The lowest BCUT2D eigenvalue weighted by Gasteiger charge is -2.10. The van der Waals surface area contributed by atoms with Crippen LogP contribution in [0.3, 0.4) is 0 Å². The van der Waals surface area contributed by atoms with E-state index in [1.807, 2.05) is 0 Å². The number of nitrogens with one attached hydrogen (secondary N) is 1. The van der Waals surface area contributed by atoms with Gasteiger partial charge in [-0.15, -0.1) is 0 Å². The van der Waals surface area contributed by atoms with E-state index in [1.54, 1.807) is 42.5 Å². The topological polar surface area (TPSA) is 81.8 Å². The molecule has 4 aromatic rings. The zero-order chi connectivity index (χ0) is 20.5. The Balaban J connectivity index is 1.63. The number of nitrogens with zero attached hydrogens (tertiary/aromatic N) is 4. The molecule has 0 aliphatic carbocycles. The molecular weight excluding hydrogens is 437 g/mol. The third-order valence-electron chi connectivity index (χ3n) is 4.15. The lowest BCUT2D eigenvalue weighted by molar-refractivity contribution is -0.116. The second-order valence-electron chi connectivity index (χ2n) is 6.10. The number of rotatable bonds is 4. The van der Waals surface area contributed by atoms with Crippen molar-refractivity contribution in [1.82, 2.24) is 19.3 Å². The number of hydrogen-bond acceptors (Lipinski definition) is 4. The molecule has 0 bridgehead atoms. The monoisotopic (exact) mass is 447 g/mol. The number of carbonyl (C=O) groups is 1. The lowest BCUT2D eigenvalue weighted by Crippen LogP contribution is -2.28. The molecule has 10 heteroatoms. The van der Waals surface area contributed by atoms with Gasteiger partial charge in [-0.05, 0) is 30.3 Å². The van der Waals surface area contributed by atoms with Crippen LogP contribution in [-0.2, 0) is 11.3 Å². The van der Waals surface area contributed by atoms with Gasteiger partial charge in [-0.3, -0.25) is 14.2 Å². The maximum absolute atomic E-state index is 12.8. The van der Waals surface area contributed by atoms with Gasteiger partial charge in [0.25, 0.3) is 5.56 Å². The number of para-hydroxylation sites is 1. The molecule has 0 fully saturated rings. The van der Waals surface area contributed by atoms with Gasteiger partial charge in [0.2, 0.25) is 5.91 Å². The highest BCUT2D eigenvalue weighted by molar-refractivity contribution is 6.39. The molecule has 0 spiro atoms. The van der Waals surface area contributed by atoms with E-state index in [0.717, 1.165) is 0 Å². The predicted molar refractivity (Wildman–Crippen MR) is 113 cm³/mol. The Labute approximate surface area is 179 Å². The number of hydrogen-bond donors (Lipinski definition) is 1.